The van der Waals surface area contributed by atoms with Gasteiger partial charge >= 0.3 is 7.60 Å². The second-order valence-corrected chi connectivity index (χ2v) is 10.0. The van der Waals surface area contributed by atoms with E-state index in [0.717, 1.165) is 11.1 Å². The number of anilines is 1. The van der Waals surface area contributed by atoms with Gasteiger partial charge in [-0.05, 0) is 12.5 Å². The molecule has 2 aromatic carbocycles. The number of nitrogens with zero attached hydrogens (tertiary/aromatic N) is 3. The average Bonchev–Trinajstić information content (AvgIpc) is 3.28. The van der Waals surface area contributed by atoms with Gasteiger partial charge in [0.25, 0.3) is 5.56 Å². The third-order valence-electron chi connectivity index (χ3n) is 5.26. The van der Waals surface area contributed by atoms with E-state index in [1.807, 2.05) is 31.2 Å². The molecule has 4 rings (SSSR count). The summed E-state index contributed by atoms with van der Waals surface area (Å²) in [5.74, 6) is -0.353. The van der Waals surface area contributed by atoms with Crippen LogP contribution in [0.25, 0.3) is 11.2 Å². The number of nitrogens with two attached hydrogens (primary N) is 1. The molecule has 0 aliphatic carbocycles. The molecule has 11 nitrogen and oxygen atoms in total. The smallest absolute Gasteiger partial charge is 0.356 e. The lowest BCUT2D eigenvalue weighted by atomic mass is 10.1. The van der Waals surface area contributed by atoms with E-state index >= 15 is 0 Å². The summed E-state index contributed by atoms with van der Waals surface area (Å²) in [5.41, 5.74) is 7.96. The fraction of sp³-hybridized carbons (Fsp3) is 0.250. The SMILES string of the molecule is Cc1ccc(COP(=O)(COCCn2cnc3c(=O)[nH]c(N)nc32)OCC(=O)c2ccccc2)cc1. The number of ketones is 1. The molecule has 0 bridgehead atoms. The number of hydrogen-bond donors (Lipinski definition) is 2. The molecule has 0 amide bonds. The molecule has 0 saturated carbocycles. The molecule has 1 unspecified atom stereocenters. The Morgan fingerprint density at radius 2 is 1.86 bits per heavy atom. The van der Waals surface area contributed by atoms with Crippen LogP contribution in [0.1, 0.15) is 21.5 Å². The van der Waals surface area contributed by atoms with E-state index in [0.29, 0.717) is 11.2 Å². The van der Waals surface area contributed by atoms with Crippen molar-refractivity contribution in [3.63, 3.8) is 0 Å². The third-order valence-corrected chi connectivity index (χ3v) is 6.80. The molecule has 0 radical (unpaired) electrons. The second kappa shape index (κ2) is 11.4. The molecule has 0 aliphatic rings. The third kappa shape index (κ3) is 6.52. The van der Waals surface area contributed by atoms with Crippen LogP contribution >= 0.6 is 7.60 Å². The first kappa shape index (κ1) is 25.5. The van der Waals surface area contributed by atoms with Gasteiger partial charge in [0.05, 0.1) is 19.5 Å². The van der Waals surface area contributed by atoms with Crippen LogP contribution in [0.5, 0.6) is 0 Å². The Balaban J connectivity index is 1.39. The van der Waals surface area contributed by atoms with Crippen LogP contribution < -0.4 is 11.3 Å². The van der Waals surface area contributed by atoms with Crippen molar-refractivity contribution in [3.8, 4) is 0 Å². The summed E-state index contributed by atoms with van der Waals surface area (Å²) in [7, 11) is -3.80. The molecular formula is C24H26N5O6P. The molecule has 188 valence electrons. The summed E-state index contributed by atoms with van der Waals surface area (Å²) >= 11 is 0. The Hall–Kier alpha value is -3.63. The van der Waals surface area contributed by atoms with Crippen molar-refractivity contribution in [3.05, 3.63) is 88.0 Å². The largest absolute Gasteiger partial charge is 0.369 e. The van der Waals surface area contributed by atoms with Crippen molar-refractivity contribution in [2.75, 3.05) is 25.3 Å². The number of fused-ring (bicyclic) bond motifs is 1. The predicted molar refractivity (Wildman–Crippen MR) is 134 cm³/mol. The Labute approximate surface area is 206 Å². The zero-order chi connectivity index (χ0) is 25.5. The first-order valence-corrected chi connectivity index (χ1v) is 12.9. The molecule has 3 N–H and O–H groups in total. The van der Waals surface area contributed by atoms with E-state index in [-0.39, 0.29) is 43.4 Å². The quantitative estimate of drug-likeness (QED) is 0.166. The number of aryl methyl sites for hydroxylation is 1. The molecule has 0 spiro atoms. The van der Waals surface area contributed by atoms with Gasteiger partial charge in [-0.1, -0.05) is 60.2 Å². The number of rotatable bonds is 12. The van der Waals surface area contributed by atoms with Crippen LogP contribution in [0.2, 0.25) is 0 Å². The van der Waals surface area contributed by atoms with Crippen molar-refractivity contribution in [1.29, 1.82) is 0 Å². The fourth-order valence-corrected chi connectivity index (χ4v) is 4.54. The molecule has 0 saturated heterocycles. The van der Waals surface area contributed by atoms with Gasteiger partial charge in [0.15, 0.2) is 16.9 Å². The first-order valence-electron chi connectivity index (χ1n) is 11.1. The lowest BCUT2D eigenvalue weighted by Crippen LogP contribution is -2.14. The maximum absolute atomic E-state index is 13.4. The number of H-pyrrole nitrogens is 1. The van der Waals surface area contributed by atoms with Crippen molar-refractivity contribution in [2.24, 2.45) is 0 Å². The summed E-state index contributed by atoms with van der Waals surface area (Å²) < 4.78 is 31.8. The minimum Gasteiger partial charge on any atom is -0.369 e. The molecule has 1 atom stereocenters. The summed E-state index contributed by atoms with van der Waals surface area (Å²) in [6.45, 7) is 1.92. The van der Waals surface area contributed by atoms with E-state index in [2.05, 4.69) is 15.0 Å². The van der Waals surface area contributed by atoms with Crippen molar-refractivity contribution in [1.82, 2.24) is 19.5 Å². The maximum Gasteiger partial charge on any atom is 0.356 e. The Morgan fingerprint density at radius 3 is 2.61 bits per heavy atom. The van der Waals surface area contributed by atoms with Crippen LogP contribution in [-0.4, -0.2) is 44.9 Å². The standard InChI is InChI=1S/C24H26N5O6P/c1-17-7-9-18(10-8-17)13-34-36(32,35-14-20(30)19-5-3-2-4-6-19)16-33-12-11-29-15-26-21-22(29)27-24(25)28-23(21)31/h2-10,15H,11-14,16H2,1H3,(H3,25,27,28,31). The highest BCUT2D eigenvalue weighted by atomic mass is 31.2. The predicted octanol–water partition coefficient (Wildman–Crippen LogP) is 3.29. The number of imidazole rings is 1. The lowest BCUT2D eigenvalue weighted by molar-refractivity contribution is 0.0855. The van der Waals surface area contributed by atoms with Crippen LogP contribution in [0, 0.1) is 6.92 Å². The zero-order valence-corrected chi connectivity index (χ0v) is 20.5. The minimum atomic E-state index is -3.80. The van der Waals surface area contributed by atoms with Crippen molar-refractivity contribution >= 4 is 30.5 Å². The number of aromatic nitrogens is 4. The number of aromatic amines is 1. The molecule has 0 fully saturated rings. The number of nitrogens with one attached hydrogen (secondary N) is 1. The maximum atomic E-state index is 13.4. The fourth-order valence-electron chi connectivity index (χ4n) is 3.31. The first-order chi connectivity index (χ1) is 17.3. The van der Waals surface area contributed by atoms with Crippen molar-refractivity contribution < 1.29 is 23.1 Å². The molecular weight excluding hydrogens is 485 g/mol. The normalized spacial score (nSPS) is 13.0. The van der Waals surface area contributed by atoms with Gasteiger partial charge in [0.2, 0.25) is 5.95 Å². The number of carbonyl (C=O) groups is 1. The highest BCUT2D eigenvalue weighted by molar-refractivity contribution is 7.53. The van der Waals surface area contributed by atoms with Gasteiger partial charge in [-0.25, -0.2) is 4.98 Å². The van der Waals surface area contributed by atoms with Crippen LogP contribution in [0.15, 0.2) is 65.7 Å². The number of ether oxygens (including phenoxy) is 1. The molecule has 2 aromatic heterocycles. The number of Topliss-reactive ketones (excluding diaryl/α,β-unsaturated/α-hetero) is 1. The monoisotopic (exact) mass is 511 g/mol. The van der Waals surface area contributed by atoms with Gasteiger partial charge in [-0.2, -0.15) is 4.98 Å². The van der Waals surface area contributed by atoms with Crippen LogP contribution in [0.3, 0.4) is 0 Å². The Morgan fingerprint density at radius 1 is 1.11 bits per heavy atom. The van der Waals surface area contributed by atoms with E-state index < -0.39 is 19.8 Å². The summed E-state index contributed by atoms with van der Waals surface area (Å²) in [6, 6.07) is 16.1. The van der Waals surface area contributed by atoms with Gasteiger partial charge in [-0.3, -0.25) is 23.7 Å². The van der Waals surface area contributed by atoms with Crippen molar-refractivity contribution in [2.45, 2.75) is 20.1 Å². The highest BCUT2D eigenvalue weighted by Crippen LogP contribution is 2.49. The van der Waals surface area contributed by atoms with E-state index in [4.69, 9.17) is 19.5 Å². The summed E-state index contributed by atoms with van der Waals surface area (Å²) in [6.07, 6.45) is 1.07. The van der Waals surface area contributed by atoms with Gasteiger partial charge < -0.3 is 19.6 Å². The number of carbonyl (C=O) groups excluding carboxylic acids is 1. The van der Waals surface area contributed by atoms with E-state index in [9.17, 15) is 14.2 Å². The van der Waals surface area contributed by atoms with Gasteiger partial charge in [0, 0.05) is 12.1 Å². The van der Waals surface area contributed by atoms with Gasteiger partial charge in [0.1, 0.15) is 13.0 Å². The van der Waals surface area contributed by atoms with E-state index in [1.54, 1.807) is 34.9 Å². The Kier molecular flexibility index (Phi) is 8.07. The summed E-state index contributed by atoms with van der Waals surface area (Å²) in [5, 5.41) is 0. The second-order valence-electron chi connectivity index (χ2n) is 8.03. The van der Waals surface area contributed by atoms with Crippen LogP contribution in [0.4, 0.5) is 5.95 Å². The molecule has 0 aliphatic heterocycles. The molecule has 4 aromatic rings. The minimum absolute atomic E-state index is 0.0264. The molecule has 2 heterocycles. The Bertz CT molecular complexity index is 1440. The number of benzene rings is 2. The van der Waals surface area contributed by atoms with Crippen LogP contribution in [-0.2, 0) is 31.5 Å². The molecule has 36 heavy (non-hydrogen) atoms. The summed E-state index contributed by atoms with van der Waals surface area (Å²) in [4.78, 5) is 34.9. The topological polar surface area (TPSA) is 151 Å². The highest BCUT2D eigenvalue weighted by Gasteiger charge is 2.27. The number of hydrogen-bond acceptors (Lipinski definition) is 9. The van der Waals surface area contributed by atoms with Gasteiger partial charge in [-0.15, -0.1) is 0 Å². The van der Waals surface area contributed by atoms with E-state index in [1.165, 1.54) is 6.33 Å². The number of nitrogen functional groups attached to an aromatic ring is 1. The molecule has 12 heteroatoms. The zero-order valence-electron chi connectivity index (χ0n) is 19.6. The average molecular weight is 511 g/mol. The lowest BCUT2D eigenvalue weighted by Gasteiger charge is -2.19.